The second kappa shape index (κ2) is 6.62. The van der Waals surface area contributed by atoms with E-state index in [0.717, 1.165) is 67.4 Å². The van der Waals surface area contributed by atoms with E-state index in [1.54, 1.807) is 0 Å². The zero-order valence-electron chi connectivity index (χ0n) is 16.6. The largest absolute Gasteiger partial charge is 0.361 e. The van der Waals surface area contributed by atoms with Crippen molar-refractivity contribution in [3.63, 3.8) is 0 Å². The van der Waals surface area contributed by atoms with Crippen LogP contribution in [-0.4, -0.2) is 53.1 Å². The molecule has 1 saturated heterocycles. The Bertz CT molecular complexity index is 852. The number of hydrogen-bond acceptors (Lipinski definition) is 6. The summed E-state index contributed by atoms with van der Waals surface area (Å²) in [5.41, 5.74) is 4.08. The molecule has 1 fully saturated rings. The van der Waals surface area contributed by atoms with Crippen LogP contribution in [0, 0.1) is 13.8 Å². The van der Waals surface area contributed by atoms with Crippen LogP contribution in [0.2, 0.25) is 0 Å². The van der Waals surface area contributed by atoms with E-state index in [9.17, 15) is 4.79 Å². The number of hydrogen-bond donors (Lipinski definition) is 0. The van der Waals surface area contributed by atoms with Crippen LogP contribution < -0.4 is 4.90 Å². The maximum Gasteiger partial charge on any atom is 0.227 e. The van der Waals surface area contributed by atoms with Gasteiger partial charge in [-0.25, -0.2) is 9.97 Å². The van der Waals surface area contributed by atoms with E-state index in [-0.39, 0.29) is 11.3 Å². The lowest BCUT2D eigenvalue weighted by Gasteiger charge is -2.40. The average molecular weight is 369 g/mol. The summed E-state index contributed by atoms with van der Waals surface area (Å²) >= 11 is 0. The SMILES string of the molecule is Cc1noc(C)c1CC(=O)N1CCCC2(CCc3cnc(N(C)C)nc32)C1. The first-order valence-corrected chi connectivity index (χ1v) is 9.63. The fourth-order valence-corrected chi connectivity index (χ4v) is 4.51. The summed E-state index contributed by atoms with van der Waals surface area (Å²) in [5, 5.41) is 3.97. The Hall–Kier alpha value is -2.44. The van der Waals surface area contributed by atoms with Crippen LogP contribution >= 0.6 is 0 Å². The Balaban J connectivity index is 1.57. The average Bonchev–Trinajstić information content (AvgIpc) is 3.16. The predicted molar refractivity (Wildman–Crippen MR) is 102 cm³/mol. The van der Waals surface area contributed by atoms with Crippen LogP contribution in [-0.2, 0) is 23.1 Å². The van der Waals surface area contributed by atoms with E-state index in [4.69, 9.17) is 9.51 Å². The standard InChI is InChI=1S/C20H27N5O2/c1-13-16(14(2)27-23-13)10-17(26)25-9-5-7-20(12-25)8-6-15-11-21-19(24(3)4)22-18(15)20/h11H,5-10,12H2,1-4H3. The first kappa shape index (κ1) is 17.9. The Morgan fingerprint density at radius 1 is 1.33 bits per heavy atom. The number of fused-ring (bicyclic) bond motifs is 2. The summed E-state index contributed by atoms with van der Waals surface area (Å²) in [6, 6.07) is 0. The van der Waals surface area contributed by atoms with E-state index in [0.29, 0.717) is 6.42 Å². The minimum Gasteiger partial charge on any atom is -0.361 e. The third kappa shape index (κ3) is 3.09. The number of anilines is 1. The highest BCUT2D eigenvalue weighted by Crippen LogP contribution is 2.44. The normalized spacial score (nSPS) is 21.6. The quantitative estimate of drug-likeness (QED) is 0.826. The summed E-state index contributed by atoms with van der Waals surface area (Å²) in [6.07, 6.45) is 6.46. The predicted octanol–water partition coefficient (Wildman–Crippen LogP) is 2.20. The van der Waals surface area contributed by atoms with Crippen LogP contribution in [0.4, 0.5) is 5.95 Å². The van der Waals surface area contributed by atoms with Crippen molar-refractivity contribution in [3.8, 4) is 0 Å². The molecule has 1 spiro atoms. The highest BCUT2D eigenvalue weighted by Gasteiger charge is 2.44. The van der Waals surface area contributed by atoms with Crippen molar-refractivity contribution in [3.05, 3.63) is 34.5 Å². The van der Waals surface area contributed by atoms with Gasteiger partial charge in [-0.1, -0.05) is 5.16 Å². The smallest absolute Gasteiger partial charge is 0.227 e. The molecule has 3 heterocycles. The lowest BCUT2D eigenvalue weighted by atomic mass is 9.77. The minimum absolute atomic E-state index is 0.0321. The summed E-state index contributed by atoms with van der Waals surface area (Å²) in [6.45, 7) is 5.31. The Labute approximate surface area is 159 Å². The Kier molecular flexibility index (Phi) is 4.40. The van der Waals surface area contributed by atoms with Crippen LogP contribution in [0.3, 0.4) is 0 Å². The molecule has 1 aliphatic heterocycles. The second-order valence-corrected chi connectivity index (χ2v) is 8.12. The maximum atomic E-state index is 13.0. The van der Waals surface area contributed by atoms with Crippen molar-refractivity contribution in [1.29, 1.82) is 0 Å². The fraction of sp³-hybridized carbons (Fsp3) is 0.600. The molecule has 0 bridgehead atoms. The number of likely N-dealkylation sites (tertiary alicyclic amines) is 1. The van der Waals surface area contributed by atoms with Gasteiger partial charge in [0, 0.05) is 44.4 Å². The van der Waals surface area contributed by atoms with Crippen LogP contribution in [0.15, 0.2) is 10.7 Å². The molecule has 0 radical (unpaired) electrons. The van der Waals surface area contributed by atoms with Gasteiger partial charge >= 0.3 is 0 Å². The lowest BCUT2D eigenvalue weighted by molar-refractivity contribution is -0.132. The molecule has 7 heteroatoms. The van der Waals surface area contributed by atoms with E-state index < -0.39 is 0 Å². The van der Waals surface area contributed by atoms with Gasteiger partial charge in [-0.3, -0.25) is 4.79 Å². The minimum atomic E-state index is -0.0321. The number of rotatable bonds is 3. The summed E-state index contributed by atoms with van der Waals surface area (Å²) in [5.74, 6) is 1.63. The van der Waals surface area contributed by atoms with Gasteiger partial charge < -0.3 is 14.3 Å². The molecule has 2 aromatic rings. The third-order valence-electron chi connectivity index (χ3n) is 6.07. The zero-order chi connectivity index (χ0) is 19.2. The van der Waals surface area contributed by atoms with Crippen LogP contribution in [0.25, 0.3) is 0 Å². The van der Waals surface area contributed by atoms with Gasteiger partial charge in [0.25, 0.3) is 0 Å². The van der Waals surface area contributed by atoms with Crippen molar-refractivity contribution >= 4 is 11.9 Å². The molecule has 1 amide bonds. The topological polar surface area (TPSA) is 75.4 Å². The maximum absolute atomic E-state index is 13.0. The number of nitrogens with zero attached hydrogens (tertiary/aromatic N) is 5. The van der Waals surface area contributed by atoms with Crippen molar-refractivity contribution in [2.75, 3.05) is 32.1 Å². The van der Waals surface area contributed by atoms with Crippen molar-refractivity contribution in [1.82, 2.24) is 20.0 Å². The molecule has 1 atom stereocenters. The van der Waals surface area contributed by atoms with E-state index in [1.807, 2.05) is 43.9 Å². The third-order valence-corrected chi connectivity index (χ3v) is 6.07. The van der Waals surface area contributed by atoms with Gasteiger partial charge in [-0.2, -0.15) is 0 Å². The highest BCUT2D eigenvalue weighted by molar-refractivity contribution is 5.79. The van der Waals surface area contributed by atoms with Crippen LogP contribution in [0.5, 0.6) is 0 Å². The Morgan fingerprint density at radius 2 is 2.15 bits per heavy atom. The van der Waals surface area contributed by atoms with E-state index in [1.165, 1.54) is 5.56 Å². The molecule has 7 nitrogen and oxygen atoms in total. The first-order chi connectivity index (χ1) is 12.9. The van der Waals surface area contributed by atoms with Gasteiger partial charge in [0.15, 0.2) is 0 Å². The molecule has 0 N–H and O–H groups in total. The molecular weight excluding hydrogens is 342 g/mol. The first-order valence-electron chi connectivity index (χ1n) is 9.63. The molecule has 1 aliphatic carbocycles. The molecule has 0 aromatic carbocycles. The molecular formula is C20H27N5O2. The fourth-order valence-electron chi connectivity index (χ4n) is 4.51. The van der Waals surface area contributed by atoms with Crippen molar-refractivity contribution in [2.24, 2.45) is 0 Å². The molecule has 144 valence electrons. The van der Waals surface area contributed by atoms with Gasteiger partial charge in [0.2, 0.25) is 11.9 Å². The molecule has 27 heavy (non-hydrogen) atoms. The number of carbonyl (C=O) groups excluding carboxylic acids is 1. The number of aromatic nitrogens is 3. The molecule has 4 rings (SSSR count). The van der Waals surface area contributed by atoms with E-state index in [2.05, 4.69) is 10.1 Å². The second-order valence-electron chi connectivity index (χ2n) is 8.12. The summed E-state index contributed by atoms with van der Waals surface area (Å²) in [4.78, 5) is 26.3. The van der Waals surface area contributed by atoms with E-state index >= 15 is 0 Å². The summed E-state index contributed by atoms with van der Waals surface area (Å²) < 4.78 is 5.22. The number of amides is 1. The molecule has 2 aromatic heterocycles. The molecule has 0 saturated carbocycles. The Morgan fingerprint density at radius 3 is 2.85 bits per heavy atom. The molecule has 1 unspecified atom stereocenters. The highest BCUT2D eigenvalue weighted by atomic mass is 16.5. The number of piperidine rings is 1. The molecule has 2 aliphatic rings. The van der Waals surface area contributed by atoms with Crippen LogP contribution in [0.1, 0.15) is 47.5 Å². The number of carbonyl (C=O) groups is 1. The van der Waals surface area contributed by atoms with Crippen molar-refractivity contribution < 1.29 is 9.32 Å². The van der Waals surface area contributed by atoms with Gasteiger partial charge in [0.05, 0.1) is 17.8 Å². The summed E-state index contributed by atoms with van der Waals surface area (Å²) in [7, 11) is 3.92. The lowest BCUT2D eigenvalue weighted by Crippen LogP contribution is -2.48. The van der Waals surface area contributed by atoms with Gasteiger partial charge in [-0.15, -0.1) is 0 Å². The van der Waals surface area contributed by atoms with Gasteiger partial charge in [-0.05, 0) is 45.1 Å². The van der Waals surface area contributed by atoms with Gasteiger partial charge in [0.1, 0.15) is 5.76 Å². The number of aryl methyl sites for hydroxylation is 3. The van der Waals surface area contributed by atoms with Crippen molar-refractivity contribution in [2.45, 2.75) is 51.4 Å². The monoisotopic (exact) mass is 369 g/mol. The zero-order valence-corrected chi connectivity index (χ0v) is 16.6.